The van der Waals surface area contributed by atoms with Gasteiger partial charge in [-0.3, -0.25) is 14.6 Å². The van der Waals surface area contributed by atoms with E-state index in [1.165, 1.54) is 13.1 Å². The van der Waals surface area contributed by atoms with Crippen LogP contribution in [-0.4, -0.2) is 42.7 Å². The highest BCUT2D eigenvalue weighted by molar-refractivity contribution is 6.02. The number of hydrogen-bond donors (Lipinski definition) is 2. The second-order valence-electron chi connectivity index (χ2n) is 11.5. The third kappa shape index (κ3) is 4.56. The molecule has 6 unspecified atom stereocenters. The van der Waals surface area contributed by atoms with E-state index in [0.717, 1.165) is 5.57 Å². The Morgan fingerprint density at radius 1 is 1.27 bits per heavy atom. The Morgan fingerprint density at radius 2 is 2.05 bits per heavy atom. The van der Waals surface area contributed by atoms with Gasteiger partial charge in [0.15, 0.2) is 5.82 Å². The van der Waals surface area contributed by atoms with Crippen LogP contribution in [0.1, 0.15) is 119 Å². The van der Waals surface area contributed by atoms with Crippen LogP contribution in [0.25, 0.3) is 5.57 Å². The Bertz CT molecular complexity index is 1500. The zero-order chi connectivity index (χ0) is 30.1. The van der Waals surface area contributed by atoms with Crippen molar-refractivity contribution in [2.75, 3.05) is 5.32 Å². The number of carbonyl (C=O) groups is 2. The second kappa shape index (κ2) is 8.83. The van der Waals surface area contributed by atoms with E-state index in [-0.39, 0.29) is 28.5 Å². The number of nitriles is 1. The maximum atomic E-state index is 13.1. The summed E-state index contributed by atoms with van der Waals surface area (Å²) in [6, 6.07) is 5.31. The molecule has 37 heavy (non-hydrogen) atoms. The molecule has 4 heterocycles. The van der Waals surface area contributed by atoms with Crippen molar-refractivity contribution in [1.82, 2.24) is 19.9 Å². The van der Waals surface area contributed by atoms with E-state index in [1.807, 2.05) is 19.1 Å². The molecule has 8 nitrogen and oxygen atoms in total. The monoisotopic (exact) mass is 504 g/mol. The Hall–Kier alpha value is -3.47. The maximum Gasteiger partial charge on any atom is 0.291 e. The topological polar surface area (TPSA) is 115 Å². The van der Waals surface area contributed by atoms with Gasteiger partial charge in [-0.2, -0.15) is 5.26 Å². The standard InChI is InChI=1S/C29H36N6O2/c1-18(36)35-28(4)12-13-29(35,5)15-20(14-28)22-6-7-23(34-26(37)25-31-17-21(16-30)32-25)24(33-22)19-8-10-27(2,3)11-9-19/h6-7,14,17,19H,8-13,15H2,1-5H3,(H,31,32)(H,34,37)/i8D,12D,13D,19D. The summed E-state index contributed by atoms with van der Waals surface area (Å²) < 4.78 is 36.1. The second-order valence-corrected chi connectivity index (χ2v) is 11.5. The first-order valence-electron chi connectivity index (χ1n) is 14.9. The summed E-state index contributed by atoms with van der Waals surface area (Å²) >= 11 is 0. The minimum Gasteiger partial charge on any atom is -0.328 e. The Morgan fingerprint density at radius 3 is 2.70 bits per heavy atom. The molecule has 0 aromatic carbocycles. The minimum absolute atomic E-state index is 0.0532. The van der Waals surface area contributed by atoms with Gasteiger partial charge >= 0.3 is 0 Å². The molecule has 2 fully saturated rings. The first-order chi connectivity index (χ1) is 19.1. The van der Waals surface area contributed by atoms with Crippen molar-refractivity contribution in [1.29, 1.82) is 5.26 Å². The van der Waals surface area contributed by atoms with Crippen LogP contribution in [0.5, 0.6) is 0 Å². The Labute approximate surface area is 224 Å². The number of amides is 2. The summed E-state index contributed by atoms with van der Waals surface area (Å²) in [4.78, 5) is 39.0. The van der Waals surface area contributed by atoms with Gasteiger partial charge in [0.25, 0.3) is 5.91 Å². The van der Waals surface area contributed by atoms with Crippen LogP contribution in [0.15, 0.2) is 24.4 Å². The van der Waals surface area contributed by atoms with Crippen LogP contribution in [-0.2, 0) is 4.79 Å². The van der Waals surface area contributed by atoms with E-state index in [4.69, 9.17) is 14.4 Å². The molecule has 1 saturated carbocycles. The number of imidazole rings is 1. The molecule has 6 atom stereocenters. The lowest BCUT2D eigenvalue weighted by Gasteiger charge is -2.46. The first kappa shape index (κ1) is 20.6. The SMILES string of the molecule is [2H]C1CC(C)(C)CCC1([2H])c1nc(C2=CC3(C)C([2H])C([2H])C(C)(C2)N3C(C)=O)ccc1NC(=O)c1ncc(C#N)[nH]1. The summed E-state index contributed by atoms with van der Waals surface area (Å²) in [7, 11) is 0. The Kier molecular flexibility index (Phi) is 4.91. The predicted octanol–water partition coefficient (Wildman–Crippen LogP) is 5.56. The average molecular weight is 505 g/mol. The number of carbonyl (C=O) groups excluding carboxylic acids is 2. The van der Waals surface area contributed by atoms with Crippen molar-refractivity contribution in [3.8, 4) is 6.07 Å². The molecular formula is C29H36N6O2. The zero-order valence-corrected chi connectivity index (χ0v) is 22.0. The molecule has 2 bridgehead atoms. The van der Waals surface area contributed by atoms with E-state index >= 15 is 0 Å². The first-order valence-corrected chi connectivity index (χ1v) is 12.6. The van der Waals surface area contributed by atoms with Gasteiger partial charge in [-0.1, -0.05) is 19.9 Å². The molecule has 8 heteroatoms. The lowest BCUT2D eigenvalue weighted by atomic mass is 9.72. The van der Waals surface area contributed by atoms with Gasteiger partial charge in [0.05, 0.1) is 28.8 Å². The predicted molar refractivity (Wildman–Crippen MR) is 142 cm³/mol. The number of fused-ring (bicyclic) bond motifs is 2. The molecule has 0 radical (unpaired) electrons. The Balaban J connectivity index is 1.60. The molecule has 2 aliphatic heterocycles. The van der Waals surface area contributed by atoms with Crippen molar-refractivity contribution >= 4 is 23.1 Å². The van der Waals surface area contributed by atoms with Gasteiger partial charge in [0.2, 0.25) is 5.91 Å². The van der Waals surface area contributed by atoms with Crippen molar-refractivity contribution in [3.05, 3.63) is 47.3 Å². The van der Waals surface area contributed by atoms with Gasteiger partial charge in [0, 0.05) is 23.8 Å². The minimum atomic E-state index is -1.40. The molecule has 2 aromatic rings. The number of aromatic amines is 1. The molecule has 2 aromatic heterocycles. The van der Waals surface area contributed by atoms with Crippen LogP contribution in [0.3, 0.4) is 0 Å². The fourth-order valence-corrected chi connectivity index (χ4v) is 5.90. The van der Waals surface area contributed by atoms with E-state index in [0.29, 0.717) is 37.1 Å². The van der Waals surface area contributed by atoms with E-state index < -0.39 is 42.1 Å². The van der Waals surface area contributed by atoms with Crippen LogP contribution < -0.4 is 5.32 Å². The number of aromatic nitrogens is 3. The molecule has 0 spiro atoms. The highest BCUT2D eigenvalue weighted by atomic mass is 16.2. The van der Waals surface area contributed by atoms with Crippen molar-refractivity contribution in [2.24, 2.45) is 5.41 Å². The number of hydrogen-bond acceptors (Lipinski definition) is 5. The average Bonchev–Trinajstić information content (AvgIpc) is 3.42. The fourth-order valence-electron chi connectivity index (χ4n) is 5.90. The third-order valence-electron chi connectivity index (χ3n) is 7.76. The third-order valence-corrected chi connectivity index (χ3v) is 7.76. The highest BCUT2D eigenvalue weighted by Gasteiger charge is 2.53. The number of nitrogens with zero attached hydrogens (tertiary/aromatic N) is 4. The van der Waals surface area contributed by atoms with Gasteiger partial charge in [0.1, 0.15) is 11.8 Å². The smallest absolute Gasteiger partial charge is 0.291 e. The number of rotatable bonds is 4. The highest BCUT2D eigenvalue weighted by Crippen LogP contribution is 2.51. The molecular weight excluding hydrogens is 464 g/mol. The largest absolute Gasteiger partial charge is 0.328 e. The number of H-pyrrole nitrogens is 1. The summed E-state index contributed by atoms with van der Waals surface area (Å²) in [6.45, 7) is 9.29. The molecule has 2 N–H and O–H groups in total. The molecule has 1 aliphatic carbocycles. The van der Waals surface area contributed by atoms with Gasteiger partial charge in [-0.15, -0.1) is 0 Å². The van der Waals surface area contributed by atoms with Crippen LogP contribution in [0, 0.1) is 16.7 Å². The summed E-state index contributed by atoms with van der Waals surface area (Å²) in [5, 5.41) is 11.9. The molecule has 3 aliphatic rings. The van der Waals surface area contributed by atoms with Crippen molar-refractivity contribution in [2.45, 2.75) is 96.5 Å². The summed E-state index contributed by atoms with van der Waals surface area (Å²) in [5.41, 5.74) is -0.00223. The molecule has 1 saturated heterocycles. The van der Waals surface area contributed by atoms with E-state index in [9.17, 15) is 11.0 Å². The molecule has 2 amide bonds. The number of nitrogens with one attached hydrogen (secondary N) is 2. The van der Waals surface area contributed by atoms with Crippen molar-refractivity contribution in [3.63, 3.8) is 0 Å². The van der Waals surface area contributed by atoms with Crippen LogP contribution in [0.2, 0.25) is 0 Å². The van der Waals surface area contributed by atoms with Crippen LogP contribution in [0.4, 0.5) is 5.69 Å². The molecule has 194 valence electrons. The lowest BCUT2D eigenvalue weighted by Crippen LogP contribution is -2.55. The zero-order valence-electron chi connectivity index (χ0n) is 26.0. The van der Waals surface area contributed by atoms with E-state index in [2.05, 4.69) is 29.1 Å². The maximum absolute atomic E-state index is 13.1. The fraction of sp³-hybridized carbons (Fsp3) is 0.552. The normalized spacial score (nSPS) is 37.9. The van der Waals surface area contributed by atoms with E-state index in [1.54, 1.807) is 24.0 Å². The number of pyridine rings is 1. The van der Waals surface area contributed by atoms with Crippen LogP contribution >= 0.6 is 0 Å². The summed E-state index contributed by atoms with van der Waals surface area (Å²) in [6.07, 6.45) is 2.55. The van der Waals surface area contributed by atoms with Crippen molar-refractivity contribution < 1.29 is 15.1 Å². The van der Waals surface area contributed by atoms with Gasteiger partial charge in [-0.05, 0) is 81.8 Å². The quantitative estimate of drug-likeness (QED) is 0.566. The lowest BCUT2D eigenvalue weighted by molar-refractivity contribution is -0.137. The van der Waals surface area contributed by atoms with Gasteiger partial charge in [-0.25, -0.2) is 4.98 Å². The van der Waals surface area contributed by atoms with Gasteiger partial charge < -0.3 is 15.2 Å². The molecule has 5 rings (SSSR count). The number of anilines is 1. The summed E-state index contributed by atoms with van der Waals surface area (Å²) in [5.74, 6) is -2.24.